The van der Waals surface area contributed by atoms with E-state index in [4.69, 9.17) is 5.21 Å². The maximum absolute atomic E-state index is 8.77. The lowest BCUT2D eigenvalue weighted by Gasteiger charge is -1.98. The van der Waals surface area contributed by atoms with E-state index in [0.29, 0.717) is 11.8 Å². The van der Waals surface area contributed by atoms with E-state index in [1.807, 2.05) is 0 Å². The Labute approximate surface area is 67.3 Å². The molecule has 4 unspecified atom stereocenters. The Morgan fingerprint density at radius 2 is 1.55 bits per heavy atom. The van der Waals surface area contributed by atoms with Crippen molar-refractivity contribution in [1.29, 1.82) is 0 Å². The van der Waals surface area contributed by atoms with Crippen molar-refractivity contribution in [2.75, 3.05) is 0 Å². The SMILES string of the molecule is CC1CC1C(=NO)C1CC1C. The minimum absolute atomic E-state index is 0.620. The zero-order chi connectivity index (χ0) is 8.01. The summed E-state index contributed by atoms with van der Waals surface area (Å²) in [5.41, 5.74) is 1.09. The number of hydrogen-bond donors (Lipinski definition) is 1. The third kappa shape index (κ3) is 1.15. The Bertz CT molecular complexity index is 182. The van der Waals surface area contributed by atoms with Crippen LogP contribution in [-0.2, 0) is 0 Å². The van der Waals surface area contributed by atoms with Crippen LogP contribution in [0.3, 0.4) is 0 Å². The van der Waals surface area contributed by atoms with Crippen LogP contribution >= 0.6 is 0 Å². The molecule has 0 aliphatic heterocycles. The molecule has 0 heterocycles. The minimum Gasteiger partial charge on any atom is -0.411 e. The van der Waals surface area contributed by atoms with Gasteiger partial charge in [-0.05, 0) is 24.7 Å². The molecule has 0 saturated heterocycles. The molecule has 2 saturated carbocycles. The third-order valence-electron chi connectivity index (χ3n) is 3.09. The molecule has 2 nitrogen and oxygen atoms in total. The van der Waals surface area contributed by atoms with Crippen LogP contribution in [0.2, 0.25) is 0 Å². The molecule has 2 aliphatic carbocycles. The molecule has 4 atom stereocenters. The van der Waals surface area contributed by atoms with E-state index in [1.165, 1.54) is 12.8 Å². The number of nitrogens with zero attached hydrogens (tertiary/aromatic N) is 1. The van der Waals surface area contributed by atoms with Crippen LogP contribution in [0.5, 0.6) is 0 Å². The maximum atomic E-state index is 8.77. The third-order valence-corrected chi connectivity index (χ3v) is 3.09. The Morgan fingerprint density at radius 3 is 1.73 bits per heavy atom. The van der Waals surface area contributed by atoms with Crippen LogP contribution in [0.4, 0.5) is 0 Å². The van der Waals surface area contributed by atoms with Gasteiger partial charge in [0.05, 0.1) is 5.71 Å². The van der Waals surface area contributed by atoms with Crippen molar-refractivity contribution in [3.05, 3.63) is 0 Å². The van der Waals surface area contributed by atoms with E-state index >= 15 is 0 Å². The Balaban J connectivity index is 1.98. The van der Waals surface area contributed by atoms with Crippen molar-refractivity contribution in [2.45, 2.75) is 26.7 Å². The normalized spacial score (nSPS) is 46.7. The molecule has 1 N–H and O–H groups in total. The molecule has 0 bridgehead atoms. The predicted octanol–water partition coefficient (Wildman–Crippen LogP) is 2.13. The van der Waals surface area contributed by atoms with Gasteiger partial charge in [0.25, 0.3) is 0 Å². The fourth-order valence-electron chi connectivity index (χ4n) is 1.89. The van der Waals surface area contributed by atoms with E-state index in [0.717, 1.165) is 17.5 Å². The highest BCUT2D eigenvalue weighted by molar-refractivity contribution is 5.92. The van der Waals surface area contributed by atoms with Crippen molar-refractivity contribution in [3.63, 3.8) is 0 Å². The Hall–Kier alpha value is -0.530. The average molecular weight is 153 g/mol. The first kappa shape index (κ1) is 7.14. The molecule has 0 aromatic heterocycles. The lowest BCUT2D eigenvalue weighted by molar-refractivity contribution is 0.314. The van der Waals surface area contributed by atoms with Gasteiger partial charge in [-0.3, -0.25) is 0 Å². The Kier molecular flexibility index (Phi) is 1.44. The topological polar surface area (TPSA) is 32.6 Å². The highest BCUT2D eigenvalue weighted by Crippen LogP contribution is 2.49. The fraction of sp³-hybridized carbons (Fsp3) is 0.889. The maximum Gasteiger partial charge on any atom is 0.0637 e. The second-order valence-corrected chi connectivity index (χ2v) is 4.16. The van der Waals surface area contributed by atoms with Gasteiger partial charge >= 0.3 is 0 Å². The minimum atomic E-state index is 0.620. The van der Waals surface area contributed by atoms with Crippen molar-refractivity contribution in [3.8, 4) is 0 Å². The summed E-state index contributed by atoms with van der Waals surface area (Å²) >= 11 is 0. The van der Waals surface area contributed by atoms with Gasteiger partial charge in [-0.1, -0.05) is 19.0 Å². The van der Waals surface area contributed by atoms with Crippen molar-refractivity contribution >= 4 is 5.71 Å². The lowest BCUT2D eigenvalue weighted by Crippen LogP contribution is -2.06. The van der Waals surface area contributed by atoms with Crippen LogP contribution in [0.1, 0.15) is 26.7 Å². The summed E-state index contributed by atoms with van der Waals surface area (Å²) in [4.78, 5) is 0. The van der Waals surface area contributed by atoms with Crippen LogP contribution in [0, 0.1) is 23.7 Å². The van der Waals surface area contributed by atoms with Gasteiger partial charge < -0.3 is 5.21 Å². The number of rotatable bonds is 2. The molecule has 2 rings (SSSR count). The summed E-state index contributed by atoms with van der Waals surface area (Å²) in [7, 11) is 0. The Morgan fingerprint density at radius 1 is 1.18 bits per heavy atom. The molecule has 11 heavy (non-hydrogen) atoms. The van der Waals surface area contributed by atoms with E-state index in [2.05, 4.69) is 19.0 Å². The highest BCUT2D eigenvalue weighted by Gasteiger charge is 2.47. The van der Waals surface area contributed by atoms with Gasteiger partial charge in [-0.2, -0.15) is 0 Å². The van der Waals surface area contributed by atoms with Crippen molar-refractivity contribution in [1.82, 2.24) is 0 Å². The van der Waals surface area contributed by atoms with E-state index in [-0.39, 0.29) is 0 Å². The standard InChI is InChI=1S/C9H15NO/c1-5-3-7(5)9(10-11)8-4-6(8)2/h5-8,11H,3-4H2,1-2H3. The molecule has 0 aromatic carbocycles. The van der Waals surface area contributed by atoms with Gasteiger partial charge in [0.15, 0.2) is 0 Å². The molecule has 0 spiro atoms. The molecular weight excluding hydrogens is 138 g/mol. The summed E-state index contributed by atoms with van der Waals surface area (Å²) in [5.74, 6) is 2.78. The monoisotopic (exact) mass is 153 g/mol. The first-order chi connectivity index (χ1) is 5.24. The fourth-order valence-corrected chi connectivity index (χ4v) is 1.89. The van der Waals surface area contributed by atoms with Gasteiger partial charge in [-0.25, -0.2) is 0 Å². The molecule has 2 aliphatic rings. The van der Waals surface area contributed by atoms with Gasteiger partial charge in [0.1, 0.15) is 0 Å². The van der Waals surface area contributed by atoms with E-state index < -0.39 is 0 Å². The van der Waals surface area contributed by atoms with Crippen LogP contribution in [0.15, 0.2) is 5.16 Å². The van der Waals surface area contributed by atoms with Crippen LogP contribution in [-0.4, -0.2) is 10.9 Å². The second-order valence-electron chi connectivity index (χ2n) is 4.16. The van der Waals surface area contributed by atoms with Gasteiger partial charge in [0.2, 0.25) is 0 Å². The highest BCUT2D eigenvalue weighted by atomic mass is 16.4. The van der Waals surface area contributed by atoms with Crippen molar-refractivity contribution in [2.24, 2.45) is 28.8 Å². The number of hydrogen-bond acceptors (Lipinski definition) is 2. The molecule has 0 aromatic rings. The first-order valence-corrected chi connectivity index (χ1v) is 4.46. The zero-order valence-electron chi connectivity index (χ0n) is 7.12. The van der Waals surface area contributed by atoms with Crippen LogP contribution in [0.25, 0.3) is 0 Å². The zero-order valence-corrected chi connectivity index (χ0v) is 7.12. The molecule has 2 fully saturated rings. The van der Waals surface area contributed by atoms with E-state index in [9.17, 15) is 0 Å². The molecule has 0 radical (unpaired) electrons. The smallest absolute Gasteiger partial charge is 0.0637 e. The molecular formula is C9H15NO. The van der Waals surface area contributed by atoms with Gasteiger partial charge in [-0.15, -0.1) is 0 Å². The molecule has 62 valence electrons. The first-order valence-electron chi connectivity index (χ1n) is 4.46. The lowest BCUT2D eigenvalue weighted by atomic mass is 10.1. The molecule has 0 amide bonds. The summed E-state index contributed by atoms with van der Waals surface area (Å²) in [6.07, 6.45) is 2.48. The molecule has 2 heteroatoms. The predicted molar refractivity (Wildman–Crippen MR) is 43.8 cm³/mol. The quantitative estimate of drug-likeness (QED) is 0.368. The van der Waals surface area contributed by atoms with Crippen molar-refractivity contribution < 1.29 is 5.21 Å². The average Bonchev–Trinajstić information content (AvgIpc) is 2.80. The second kappa shape index (κ2) is 2.23. The summed E-state index contributed by atoms with van der Waals surface area (Å²) in [5, 5.41) is 12.2. The summed E-state index contributed by atoms with van der Waals surface area (Å²) in [6, 6.07) is 0. The largest absolute Gasteiger partial charge is 0.411 e. The number of oxime groups is 1. The summed E-state index contributed by atoms with van der Waals surface area (Å²) < 4.78 is 0. The summed E-state index contributed by atoms with van der Waals surface area (Å²) in [6.45, 7) is 4.45. The van der Waals surface area contributed by atoms with E-state index in [1.54, 1.807) is 0 Å². The van der Waals surface area contributed by atoms with Crippen LogP contribution < -0.4 is 0 Å². The van der Waals surface area contributed by atoms with Gasteiger partial charge in [0, 0.05) is 11.8 Å².